The number of carbonyl (C=O) groups is 1. The molecule has 0 aliphatic carbocycles. The molecular weight excluding hydrogens is 283 g/mol. The van der Waals surface area contributed by atoms with E-state index in [1.165, 1.54) is 0 Å². The molecule has 1 aromatic carbocycles. The number of nitrogens with two attached hydrogens (primary N) is 1. The first kappa shape index (κ1) is 16.3. The minimum Gasteiger partial charge on any atom is -0.341 e. The van der Waals surface area contributed by atoms with Gasteiger partial charge in [0.1, 0.15) is 0 Å². The number of hydrogen-bond acceptors (Lipinski definition) is 2. The molecular formula is C14H20Cl2N2O. The van der Waals surface area contributed by atoms with E-state index in [1.807, 2.05) is 19.1 Å². The second-order valence-electron chi connectivity index (χ2n) is 4.90. The Labute approximate surface area is 124 Å². The fourth-order valence-electron chi connectivity index (χ4n) is 1.83. The standard InChI is InChI=1S/C14H20Cl2N2O/c1-10(17)4-3-5-14(19)18(2)9-11-6-12(15)8-13(16)7-11/h6-8,10H,3-5,9,17H2,1-2H3. The number of carbonyl (C=O) groups excluding carboxylic acids is 1. The number of hydrogen-bond donors (Lipinski definition) is 1. The first-order valence-corrected chi connectivity index (χ1v) is 7.08. The van der Waals surface area contributed by atoms with Crippen LogP contribution in [0.25, 0.3) is 0 Å². The summed E-state index contributed by atoms with van der Waals surface area (Å²) in [5, 5.41) is 1.17. The normalized spacial score (nSPS) is 12.3. The highest BCUT2D eigenvalue weighted by molar-refractivity contribution is 6.34. The summed E-state index contributed by atoms with van der Waals surface area (Å²) in [4.78, 5) is 13.6. The molecule has 106 valence electrons. The molecule has 0 radical (unpaired) electrons. The first-order valence-electron chi connectivity index (χ1n) is 6.33. The Balaban J connectivity index is 2.49. The lowest BCUT2D eigenvalue weighted by Gasteiger charge is -2.18. The van der Waals surface area contributed by atoms with Crippen molar-refractivity contribution in [1.82, 2.24) is 4.90 Å². The Hall–Kier alpha value is -0.770. The zero-order chi connectivity index (χ0) is 14.4. The van der Waals surface area contributed by atoms with Gasteiger partial charge in [0.15, 0.2) is 0 Å². The van der Waals surface area contributed by atoms with Crippen molar-refractivity contribution in [1.29, 1.82) is 0 Å². The van der Waals surface area contributed by atoms with Crippen molar-refractivity contribution >= 4 is 29.1 Å². The van der Waals surface area contributed by atoms with Gasteiger partial charge < -0.3 is 10.6 Å². The molecule has 0 bridgehead atoms. The number of rotatable bonds is 6. The average molecular weight is 303 g/mol. The molecule has 0 fully saturated rings. The third-order valence-electron chi connectivity index (χ3n) is 2.82. The van der Waals surface area contributed by atoms with E-state index in [1.54, 1.807) is 18.0 Å². The Bertz CT molecular complexity index is 415. The van der Waals surface area contributed by atoms with Gasteiger partial charge in [0.05, 0.1) is 0 Å². The van der Waals surface area contributed by atoms with Gasteiger partial charge in [-0.05, 0) is 43.5 Å². The maximum Gasteiger partial charge on any atom is 0.222 e. The smallest absolute Gasteiger partial charge is 0.222 e. The second-order valence-corrected chi connectivity index (χ2v) is 5.77. The van der Waals surface area contributed by atoms with Gasteiger partial charge in [-0.2, -0.15) is 0 Å². The highest BCUT2D eigenvalue weighted by atomic mass is 35.5. The third kappa shape index (κ3) is 6.28. The molecule has 19 heavy (non-hydrogen) atoms. The maximum absolute atomic E-state index is 11.9. The van der Waals surface area contributed by atoms with E-state index in [0.29, 0.717) is 23.0 Å². The van der Waals surface area contributed by atoms with Crippen molar-refractivity contribution in [3.05, 3.63) is 33.8 Å². The second kappa shape index (κ2) is 7.73. The van der Waals surface area contributed by atoms with Gasteiger partial charge in [-0.3, -0.25) is 4.79 Å². The topological polar surface area (TPSA) is 46.3 Å². The Morgan fingerprint density at radius 1 is 1.32 bits per heavy atom. The van der Waals surface area contributed by atoms with Gasteiger partial charge in [-0.25, -0.2) is 0 Å². The monoisotopic (exact) mass is 302 g/mol. The van der Waals surface area contributed by atoms with Crippen LogP contribution in [0.4, 0.5) is 0 Å². The lowest BCUT2D eigenvalue weighted by atomic mass is 10.1. The van der Waals surface area contributed by atoms with Crippen molar-refractivity contribution in [2.75, 3.05) is 7.05 Å². The molecule has 3 nitrogen and oxygen atoms in total. The maximum atomic E-state index is 11.9. The van der Waals surface area contributed by atoms with E-state index >= 15 is 0 Å². The van der Waals surface area contributed by atoms with E-state index in [2.05, 4.69) is 0 Å². The first-order chi connectivity index (χ1) is 8.88. The molecule has 2 N–H and O–H groups in total. The minimum absolute atomic E-state index is 0.108. The van der Waals surface area contributed by atoms with Crippen LogP contribution in [0.15, 0.2) is 18.2 Å². The van der Waals surface area contributed by atoms with Crippen LogP contribution in [0.5, 0.6) is 0 Å². The molecule has 0 saturated heterocycles. The van der Waals surface area contributed by atoms with Crippen LogP contribution in [0.2, 0.25) is 10.0 Å². The summed E-state index contributed by atoms with van der Waals surface area (Å²) in [5.74, 6) is 0.108. The highest BCUT2D eigenvalue weighted by Gasteiger charge is 2.10. The number of benzene rings is 1. The van der Waals surface area contributed by atoms with Crippen LogP contribution in [0.3, 0.4) is 0 Å². The molecule has 0 aromatic heterocycles. The molecule has 0 aliphatic rings. The highest BCUT2D eigenvalue weighted by Crippen LogP contribution is 2.20. The molecule has 0 saturated carbocycles. The molecule has 0 spiro atoms. The molecule has 1 rings (SSSR count). The van der Waals surface area contributed by atoms with Gasteiger partial charge in [-0.1, -0.05) is 23.2 Å². The number of nitrogens with zero attached hydrogens (tertiary/aromatic N) is 1. The molecule has 0 heterocycles. The Kier molecular flexibility index (Phi) is 6.63. The molecule has 1 atom stereocenters. The van der Waals surface area contributed by atoms with E-state index in [-0.39, 0.29) is 11.9 Å². The molecule has 0 aliphatic heterocycles. The van der Waals surface area contributed by atoms with Crippen molar-refractivity contribution in [2.45, 2.75) is 38.8 Å². The SMILES string of the molecule is CC(N)CCCC(=O)N(C)Cc1cc(Cl)cc(Cl)c1. The zero-order valence-electron chi connectivity index (χ0n) is 11.3. The zero-order valence-corrected chi connectivity index (χ0v) is 12.8. The van der Waals surface area contributed by atoms with Gasteiger partial charge in [-0.15, -0.1) is 0 Å². The van der Waals surface area contributed by atoms with Crippen LogP contribution in [0, 0.1) is 0 Å². The predicted octanol–water partition coefficient (Wildman–Crippen LogP) is 3.47. The van der Waals surface area contributed by atoms with E-state index in [0.717, 1.165) is 18.4 Å². The fourth-order valence-corrected chi connectivity index (χ4v) is 2.40. The quantitative estimate of drug-likeness (QED) is 0.874. The predicted molar refractivity (Wildman–Crippen MR) is 80.4 cm³/mol. The van der Waals surface area contributed by atoms with Gasteiger partial charge in [0.2, 0.25) is 5.91 Å². The number of amides is 1. The van der Waals surface area contributed by atoms with Crippen LogP contribution in [0.1, 0.15) is 31.7 Å². The molecule has 1 aromatic rings. The average Bonchev–Trinajstić information content (AvgIpc) is 2.26. The number of halogens is 2. The Morgan fingerprint density at radius 3 is 2.42 bits per heavy atom. The summed E-state index contributed by atoms with van der Waals surface area (Å²) in [6.45, 7) is 2.46. The summed E-state index contributed by atoms with van der Waals surface area (Å²) in [6.07, 6.45) is 2.20. The van der Waals surface area contributed by atoms with E-state index in [9.17, 15) is 4.79 Å². The molecule has 1 amide bonds. The van der Waals surface area contributed by atoms with Crippen molar-refractivity contribution < 1.29 is 4.79 Å². The van der Waals surface area contributed by atoms with Crippen molar-refractivity contribution in [3.63, 3.8) is 0 Å². The molecule has 1 unspecified atom stereocenters. The lowest BCUT2D eigenvalue weighted by molar-refractivity contribution is -0.130. The van der Waals surface area contributed by atoms with Gasteiger partial charge >= 0.3 is 0 Å². The van der Waals surface area contributed by atoms with Crippen molar-refractivity contribution in [3.8, 4) is 0 Å². The summed E-state index contributed by atoms with van der Waals surface area (Å²) >= 11 is 11.9. The minimum atomic E-state index is 0.108. The van der Waals surface area contributed by atoms with Crippen LogP contribution < -0.4 is 5.73 Å². The van der Waals surface area contributed by atoms with E-state index in [4.69, 9.17) is 28.9 Å². The van der Waals surface area contributed by atoms with Crippen LogP contribution in [-0.2, 0) is 11.3 Å². The summed E-state index contributed by atoms with van der Waals surface area (Å²) in [7, 11) is 1.78. The van der Waals surface area contributed by atoms with Crippen molar-refractivity contribution in [2.24, 2.45) is 5.73 Å². The summed E-state index contributed by atoms with van der Waals surface area (Å²) in [6, 6.07) is 5.46. The molecule has 5 heteroatoms. The third-order valence-corrected chi connectivity index (χ3v) is 3.25. The van der Waals surface area contributed by atoms with E-state index < -0.39 is 0 Å². The Morgan fingerprint density at radius 2 is 1.89 bits per heavy atom. The largest absolute Gasteiger partial charge is 0.341 e. The van der Waals surface area contributed by atoms with Crippen LogP contribution >= 0.6 is 23.2 Å². The lowest BCUT2D eigenvalue weighted by Crippen LogP contribution is -2.26. The van der Waals surface area contributed by atoms with Crippen LogP contribution in [-0.4, -0.2) is 23.9 Å². The van der Waals surface area contributed by atoms with Gasteiger partial charge in [0, 0.05) is 36.1 Å². The van der Waals surface area contributed by atoms with Gasteiger partial charge in [0.25, 0.3) is 0 Å². The fraction of sp³-hybridized carbons (Fsp3) is 0.500. The summed E-state index contributed by atoms with van der Waals surface area (Å²) < 4.78 is 0. The summed E-state index contributed by atoms with van der Waals surface area (Å²) in [5.41, 5.74) is 6.59.